The van der Waals surface area contributed by atoms with Crippen LogP contribution in [-0.2, 0) is 4.79 Å². The molecule has 1 saturated heterocycles. The summed E-state index contributed by atoms with van der Waals surface area (Å²) in [5.41, 5.74) is 2.67. The molecular weight excluding hydrogens is 426 g/mol. The van der Waals surface area contributed by atoms with Crippen LogP contribution < -0.4 is 4.90 Å². The number of aliphatic hydroxyl groups is 1. The lowest BCUT2D eigenvalue weighted by Crippen LogP contribution is -2.53. The molecular formula is C24H28ClN5O2. The number of pyridine rings is 1. The maximum absolute atomic E-state index is 12.8. The Kier molecular flexibility index (Phi) is 6.02. The molecule has 1 unspecified atom stereocenters. The molecule has 0 bridgehead atoms. The van der Waals surface area contributed by atoms with E-state index in [0.717, 1.165) is 53.9 Å². The molecule has 2 aromatic heterocycles. The first kappa shape index (κ1) is 21.2. The summed E-state index contributed by atoms with van der Waals surface area (Å²) in [6.45, 7) is 2.63. The number of fused-ring (bicyclic) bond motifs is 1. The molecule has 1 atom stereocenters. The van der Waals surface area contributed by atoms with Crippen molar-refractivity contribution in [3.63, 3.8) is 0 Å². The summed E-state index contributed by atoms with van der Waals surface area (Å²) >= 11 is 6.06. The summed E-state index contributed by atoms with van der Waals surface area (Å²) in [5, 5.41) is 11.2. The van der Waals surface area contributed by atoms with Crippen LogP contribution in [0.3, 0.4) is 0 Å². The molecule has 2 N–H and O–H groups in total. The summed E-state index contributed by atoms with van der Waals surface area (Å²) < 4.78 is 0. The number of nitrogens with one attached hydrogen (secondary N) is 1. The van der Waals surface area contributed by atoms with Crippen LogP contribution in [-0.4, -0.2) is 63.1 Å². The van der Waals surface area contributed by atoms with Gasteiger partial charge in [0.05, 0.1) is 11.0 Å². The Hall–Kier alpha value is -2.64. The number of aliphatic hydroxyl groups excluding tert-OH is 1. The number of aromatic amines is 1. The molecule has 1 saturated carbocycles. The number of imidazole rings is 1. The Labute approximate surface area is 192 Å². The largest absolute Gasteiger partial charge is 0.383 e. The van der Waals surface area contributed by atoms with Gasteiger partial charge >= 0.3 is 0 Å². The van der Waals surface area contributed by atoms with Gasteiger partial charge in [0, 0.05) is 43.0 Å². The number of halogens is 1. The van der Waals surface area contributed by atoms with Gasteiger partial charge in [-0.1, -0.05) is 30.9 Å². The normalized spacial score (nSPS) is 18.8. The number of amides is 1. The van der Waals surface area contributed by atoms with Crippen molar-refractivity contribution in [2.24, 2.45) is 5.92 Å². The fourth-order valence-electron chi connectivity index (χ4n) is 4.83. The number of nitrogens with zero attached hydrogens (tertiary/aromatic N) is 4. The molecule has 0 spiro atoms. The molecule has 1 aliphatic heterocycles. The Bertz CT molecular complexity index is 1090. The topological polar surface area (TPSA) is 85.4 Å². The smallest absolute Gasteiger partial charge is 0.251 e. The number of hydrogen-bond acceptors (Lipinski definition) is 5. The van der Waals surface area contributed by atoms with E-state index in [0.29, 0.717) is 31.2 Å². The van der Waals surface area contributed by atoms with Gasteiger partial charge in [-0.2, -0.15) is 0 Å². The van der Waals surface area contributed by atoms with Crippen molar-refractivity contribution in [1.82, 2.24) is 19.9 Å². The van der Waals surface area contributed by atoms with Gasteiger partial charge in [0.25, 0.3) is 5.91 Å². The van der Waals surface area contributed by atoms with E-state index in [-0.39, 0.29) is 11.8 Å². The highest BCUT2D eigenvalue weighted by molar-refractivity contribution is 6.31. The highest BCUT2D eigenvalue weighted by Crippen LogP contribution is 2.28. The second-order valence-corrected chi connectivity index (χ2v) is 9.24. The van der Waals surface area contributed by atoms with E-state index in [4.69, 9.17) is 11.6 Å². The standard InChI is InChI=1S/C24H28ClN5O2/c25-18-7-8-19-20(14-18)28-23(27-19)17-6-9-21(26-15-17)29-10-12-30(13-11-29)24(32)22(31)16-4-2-1-3-5-16/h6-9,14-16,22,31H,1-5,10-13H2,(H,27,28). The quantitative estimate of drug-likeness (QED) is 0.626. The molecule has 168 valence electrons. The Morgan fingerprint density at radius 2 is 1.88 bits per heavy atom. The fourth-order valence-corrected chi connectivity index (χ4v) is 5.00. The van der Waals surface area contributed by atoms with Crippen molar-refractivity contribution >= 4 is 34.4 Å². The summed E-state index contributed by atoms with van der Waals surface area (Å²) in [6.07, 6.45) is 6.34. The Balaban J connectivity index is 1.20. The van der Waals surface area contributed by atoms with E-state index in [1.54, 1.807) is 0 Å². The van der Waals surface area contributed by atoms with Gasteiger partial charge in [-0.05, 0) is 49.1 Å². The molecule has 1 amide bonds. The molecule has 3 heterocycles. The predicted octanol–water partition coefficient (Wildman–Crippen LogP) is 3.87. The molecule has 7 nitrogen and oxygen atoms in total. The van der Waals surface area contributed by atoms with E-state index < -0.39 is 6.10 Å². The van der Waals surface area contributed by atoms with Gasteiger partial charge in [0.1, 0.15) is 17.7 Å². The van der Waals surface area contributed by atoms with Crippen molar-refractivity contribution in [3.8, 4) is 11.4 Å². The van der Waals surface area contributed by atoms with Gasteiger partial charge in [0.2, 0.25) is 0 Å². The molecule has 5 rings (SSSR count). The lowest BCUT2D eigenvalue weighted by Gasteiger charge is -2.37. The Morgan fingerprint density at radius 3 is 2.59 bits per heavy atom. The third kappa shape index (κ3) is 4.32. The minimum absolute atomic E-state index is 0.107. The van der Waals surface area contributed by atoms with Crippen LogP contribution in [0.15, 0.2) is 36.5 Å². The summed E-state index contributed by atoms with van der Waals surface area (Å²) in [6, 6.07) is 9.58. The number of carbonyl (C=O) groups excluding carboxylic acids is 1. The van der Waals surface area contributed by atoms with E-state index in [9.17, 15) is 9.90 Å². The second kappa shape index (κ2) is 9.08. The van der Waals surface area contributed by atoms with Gasteiger partial charge in [-0.25, -0.2) is 9.97 Å². The minimum Gasteiger partial charge on any atom is -0.383 e. The molecule has 8 heteroatoms. The van der Waals surface area contributed by atoms with Gasteiger partial charge in [-0.3, -0.25) is 4.79 Å². The van der Waals surface area contributed by atoms with Gasteiger partial charge in [-0.15, -0.1) is 0 Å². The SMILES string of the molecule is O=C(C(O)C1CCCCC1)N1CCN(c2ccc(-c3nc4ccc(Cl)cc4[nH]3)cn2)CC1. The average Bonchev–Trinajstić information content (AvgIpc) is 3.27. The van der Waals surface area contributed by atoms with Crippen molar-refractivity contribution < 1.29 is 9.90 Å². The van der Waals surface area contributed by atoms with Crippen LogP contribution in [0.25, 0.3) is 22.4 Å². The zero-order chi connectivity index (χ0) is 22.1. The van der Waals surface area contributed by atoms with E-state index in [1.807, 2.05) is 41.4 Å². The van der Waals surface area contributed by atoms with E-state index >= 15 is 0 Å². The lowest BCUT2D eigenvalue weighted by molar-refractivity contribution is -0.144. The first-order chi connectivity index (χ1) is 15.6. The maximum atomic E-state index is 12.8. The summed E-state index contributed by atoms with van der Waals surface area (Å²) in [7, 11) is 0. The number of H-pyrrole nitrogens is 1. The highest BCUT2D eigenvalue weighted by Gasteiger charge is 2.32. The van der Waals surface area contributed by atoms with Gasteiger partial charge in [0.15, 0.2) is 0 Å². The molecule has 1 aliphatic carbocycles. The van der Waals surface area contributed by atoms with Crippen molar-refractivity contribution in [2.75, 3.05) is 31.1 Å². The summed E-state index contributed by atoms with van der Waals surface area (Å²) in [5.74, 6) is 1.66. The molecule has 32 heavy (non-hydrogen) atoms. The number of anilines is 1. The van der Waals surface area contributed by atoms with Crippen LogP contribution in [0.1, 0.15) is 32.1 Å². The lowest BCUT2D eigenvalue weighted by atomic mass is 9.85. The monoisotopic (exact) mass is 453 g/mol. The molecule has 0 radical (unpaired) electrons. The van der Waals surface area contributed by atoms with Crippen LogP contribution in [0.4, 0.5) is 5.82 Å². The summed E-state index contributed by atoms with van der Waals surface area (Å²) in [4.78, 5) is 29.3. The fraction of sp³-hybridized carbons (Fsp3) is 0.458. The zero-order valence-corrected chi connectivity index (χ0v) is 18.8. The molecule has 1 aromatic carbocycles. The maximum Gasteiger partial charge on any atom is 0.251 e. The van der Waals surface area contributed by atoms with Crippen LogP contribution >= 0.6 is 11.6 Å². The van der Waals surface area contributed by atoms with E-state index in [2.05, 4.69) is 19.9 Å². The average molecular weight is 454 g/mol. The van der Waals surface area contributed by atoms with Gasteiger partial charge < -0.3 is 19.9 Å². The number of carbonyl (C=O) groups is 1. The number of rotatable bonds is 4. The van der Waals surface area contributed by atoms with Crippen LogP contribution in [0, 0.1) is 5.92 Å². The number of hydrogen-bond donors (Lipinski definition) is 2. The van der Waals surface area contributed by atoms with E-state index in [1.165, 1.54) is 6.42 Å². The van der Waals surface area contributed by atoms with Crippen LogP contribution in [0.5, 0.6) is 0 Å². The number of benzene rings is 1. The number of aromatic nitrogens is 3. The van der Waals surface area contributed by atoms with Crippen molar-refractivity contribution in [3.05, 3.63) is 41.6 Å². The predicted molar refractivity (Wildman–Crippen MR) is 126 cm³/mol. The highest BCUT2D eigenvalue weighted by atomic mass is 35.5. The Morgan fingerprint density at radius 1 is 1.09 bits per heavy atom. The molecule has 2 fully saturated rings. The molecule has 3 aromatic rings. The third-order valence-corrected chi connectivity index (χ3v) is 6.97. The van der Waals surface area contributed by atoms with Crippen LogP contribution in [0.2, 0.25) is 5.02 Å². The second-order valence-electron chi connectivity index (χ2n) is 8.81. The first-order valence-electron chi connectivity index (χ1n) is 11.4. The number of piperazine rings is 1. The minimum atomic E-state index is -0.849. The van der Waals surface area contributed by atoms with Crippen molar-refractivity contribution in [1.29, 1.82) is 0 Å². The third-order valence-electron chi connectivity index (χ3n) is 6.73. The zero-order valence-electron chi connectivity index (χ0n) is 18.0. The first-order valence-corrected chi connectivity index (χ1v) is 11.8. The van der Waals surface area contributed by atoms with Crippen molar-refractivity contribution in [2.45, 2.75) is 38.2 Å². The molecule has 2 aliphatic rings.